The minimum atomic E-state index is -3.92. The van der Waals surface area contributed by atoms with E-state index in [0.29, 0.717) is 18.4 Å². The van der Waals surface area contributed by atoms with E-state index in [0.717, 1.165) is 23.2 Å². The van der Waals surface area contributed by atoms with Gasteiger partial charge in [0.05, 0.1) is 11.6 Å². The smallest absolute Gasteiger partial charge is 0.283 e. The number of anilines is 1. The average molecular weight is 442 g/mol. The van der Waals surface area contributed by atoms with Crippen molar-refractivity contribution in [2.75, 3.05) is 18.0 Å². The van der Waals surface area contributed by atoms with E-state index >= 15 is 0 Å². The Hall–Kier alpha value is -2.81. The molecule has 8 nitrogen and oxygen atoms in total. The van der Waals surface area contributed by atoms with Gasteiger partial charge in [-0.3, -0.25) is 9.79 Å². The molecule has 164 valence electrons. The highest BCUT2D eigenvalue weighted by Gasteiger charge is 2.54. The number of hydrogen-bond acceptors (Lipinski definition) is 7. The number of amides is 1. The summed E-state index contributed by atoms with van der Waals surface area (Å²) < 4.78 is 27.9. The Bertz CT molecular complexity index is 1070. The van der Waals surface area contributed by atoms with Crippen LogP contribution < -0.4 is 4.90 Å². The molecule has 0 radical (unpaired) electrons. The van der Waals surface area contributed by atoms with Crippen LogP contribution in [0.1, 0.15) is 44.4 Å². The number of carbonyl (C=O) groups excluding carboxylic acids is 1. The van der Waals surface area contributed by atoms with Gasteiger partial charge in [0, 0.05) is 19.3 Å². The zero-order chi connectivity index (χ0) is 22.2. The predicted molar refractivity (Wildman–Crippen MR) is 119 cm³/mol. The summed E-state index contributed by atoms with van der Waals surface area (Å²) in [5.41, 5.74) is -0.173. The van der Waals surface area contributed by atoms with Crippen molar-refractivity contribution in [1.82, 2.24) is 14.5 Å². The third kappa shape index (κ3) is 4.06. The molecule has 1 aromatic carbocycles. The van der Waals surface area contributed by atoms with E-state index in [-0.39, 0.29) is 11.8 Å². The maximum Gasteiger partial charge on any atom is 0.283 e. The Balaban J connectivity index is 1.65. The van der Waals surface area contributed by atoms with Crippen LogP contribution in [-0.4, -0.2) is 59.2 Å². The van der Waals surface area contributed by atoms with Crippen LogP contribution in [0.15, 0.2) is 53.7 Å². The van der Waals surface area contributed by atoms with Gasteiger partial charge in [0.15, 0.2) is 11.1 Å². The number of carbonyl (C=O) groups is 1. The monoisotopic (exact) mass is 441 g/mol. The van der Waals surface area contributed by atoms with E-state index in [1.165, 1.54) is 0 Å². The number of aromatic nitrogens is 2. The third-order valence-electron chi connectivity index (χ3n) is 5.58. The van der Waals surface area contributed by atoms with Crippen LogP contribution in [0.25, 0.3) is 0 Å². The van der Waals surface area contributed by atoms with Crippen LogP contribution in [0.3, 0.4) is 0 Å². The summed E-state index contributed by atoms with van der Waals surface area (Å²) in [5.74, 6) is 0.298. The van der Waals surface area contributed by atoms with Gasteiger partial charge in [-0.05, 0) is 51.3 Å². The van der Waals surface area contributed by atoms with Crippen molar-refractivity contribution in [2.45, 2.75) is 50.4 Å². The molecule has 1 aromatic heterocycles. The molecule has 2 aliphatic rings. The van der Waals surface area contributed by atoms with Gasteiger partial charge >= 0.3 is 0 Å². The van der Waals surface area contributed by atoms with Crippen molar-refractivity contribution >= 4 is 27.5 Å². The molecule has 0 aliphatic carbocycles. The van der Waals surface area contributed by atoms with Gasteiger partial charge < -0.3 is 4.90 Å². The van der Waals surface area contributed by atoms with Gasteiger partial charge in [0.25, 0.3) is 15.9 Å². The van der Waals surface area contributed by atoms with Crippen LogP contribution in [0.5, 0.6) is 0 Å². The molecule has 2 saturated heterocycles. The molecule has 1 amide bonds. The molecule has 31 heavy (non-hydrogen) atoms. The fraction of sp³-hybridized carbons (Fsp3) is 0.455. The molecule has 0 N–H and O–H groups in total. The fourth-order valence-corrected chi connectivity index (χ4v) is 6.47. The van der Waals surface area contributed by atoms with Crippen molar-refractivity contribution in [2.24, 2.45) is 4.99 Å². The van der Waals surface area contributed by atoms with Gasteiger partial charge in [-0.2, -0.15) is 5.10 Å². The maximum atomic E-state index is 13.4. The molecule has 2 aliphatic heterocycles. The summed E-state index contributed by atoms with van der Waals surface area (Å²) in [6.07, 6.45) is 3.06. The first-order valence-corrected chi connectivity index (χ1v) is 11.9. The average Bonchev–Trinajstić information content (AvgIpc) is 2.94. The van der Waals surface area contributed by atoms with E-state index in [9.17, 15) is 13.2 Å². The van der Waals surface area contributed by atoms with Gasteiger partial charge in [-0.15, -0.1) is 5.10 Å². The number of benzene rings is 1. The molecule has 9 heteroatoms. The molecule has 0 saturated carbocycles. The molecule has 1 atom stereocenters. The van der Waals surface area contributed by atoms with E-state index in [1.54, 1.807) is 51.2 Å². The normalized spacial score (nSPS) is 23.5. The van der Waals surface area contributed by atoms with Gasteiger partial charge in [0.2, 0.25) is 0 Å². The van der Waals surface area contributed by atoms with Crippen LogP contribution >= 0.6 is 0 Å². The SMILES string of the molecule is CC(C)(C)N1C(=O)C(=NC2CCN(c3cccnn3)CC2)C(c2ccccc2)S1(=O)=O. The van der Waals surface area contributed by atoms with Crippen molar-refractivity contribution in [1.29, 1.82) is 0 Å². The largest absolute Gasteiger partial charge is 0.355 e. The number of nitrogens with zero attached hydrogens (tertiary/aromatic N) is 5. The molecule has 1 unspecified atom stereocenters. The number of sulfonamides is 1. The zero-order valence-electron chi connectivity index (χ0n) is 18.0. The lowest BCUT2D eigenvalue weighted by Crippen LogP contribution is -2.45. The summed E-state index contributed by atoms with van der Waals surface area (Å²) >= 11 is 0. The fourth-order valence-electron chi connectivity index (χ4n) is 4.23. The van der Waals surface area contributed by atoms with Crippen molar-refractivity contribution < 1.29 is 13.2 Å². The third-order valence-corrected chi connectivity index (χ3v) is 7.90. The highest BCUT2D eigenvalue weighted by molar-refractivity contribution is 7.91. The van der Waals surface area contributed by atoms with E-state index < -0.39 is 26.7 Å². The Kier molecular flexibility index (Phi) is 5.55. The molecule has 4 rings (SSSR count). The minimum absolute atomic E-state index is 0.117. The summed E-state index contributed by atoms with van der Waals surface area (Å²) in [6, 6.07) is 12.5. The topological polar surface area (TPSA) is 95.8 Å². The summed E-state index contributed by atoms with van der Waals surface area (Å²) in [5, 5.41) is 7.01. The molecular formula is C22H27N5O3S. The summed E-state index contributed by atoms with van der Waals surface area (Å²) in [4.78, 5) is 20.2. The molecular weight excluding hydrogens is 414 g/mol. The highest BCUT2D eigenvalue weighted by Crippen LogP contribution is 2.39. The zero-order valence-corrected chi connectivity index (χ0v) is 18.8. The van der Waals surface area contributed by atoms with Crippen molar-refractivity contribution in [3.8, 4) is 0 Å². The Morgan fingerprint density at radius 3 is 2.29 bits per heavy atom. The van der Waals surface area contributed by atoms with Crippen molar-refractivity contribution in [3.63, 3.8) is 0 Å². The van der Waals surface area contributed by atoms with Gasteiger partial charge in [-0.25, -0.2) is 12.7 Å². The lowest BCUT2D eigenvalue weighted by atomic mass is 10.0. The summed E-state index contributed by atoms with van der Waals surface area (Å²) in [6.45, 7) is 6.63. The number of aliphatic imine (C=N–C) groups is 1. The first-order valence-electron chi connectivity index (χ1n) is 10.4. The first-order chi connectivity index (χ1) is 14.7. The Morgan fingerprint density at radius 2 is 1.71 bits per heavy atom. The second-order valence-electron chi connectivity index (χ2n) is 8.89. The highest BCUT2D eigenvalue weighted by atomic mass is 32.2. The molecule has 2 fully saturated rings. The van der Waals surface area contributed by atoms with Gasteiger partial charge in [0.1, 0.15) is 5.71 Å². The van der Waals surface area contributed by atoms with Crippen molar-refractivity contribution in [3.05, 3.63) is 54.2 Å². The van der Waals surface area contributed by atoms with Crippen LogP contribution in [0, 0.1) is 0 Å². The quantitative estimate of drug-likeness (QED) is 0.727. The first kappa shape index (κ1) is 21.4. The number of rotatable bonds is 3. The molecule has 0 bridgehead atoms. The lowest BCUT2D eigenvalue weighted by molar-refractivity contribution is -0.122. The summed E-state index contributed by atoms with van der Waals surface area (Å²) in [7, 11) is -3.92. The second kappa shape index (κ2) is 8.03. The van der Waals surface area contributed by atoms with Crippen LogP contribution in [0.2, 0.25) is 0 Å². The number of piperidine rings is 1. The molecule has 3 heterocycles. The standard InChI is InChI=1S/C22H27N5O3S/c1-22(2,3)27-21(28)19(20(31(27,29)30)16-8-5-4-6-9-16)24-17-11-14-26(15-12-17)18-10-7-13-23-25-18/h4-10,13,17,20H,11-12,14-15H2,1-3H3. The van der Waals surface area contributed by atoms with E-state index in [2.05, 4.69) is 15.1 Å². The molecule has 2 aromatic rings. The van der Waals surface area contributed by atoms with Crippen LogP contribution in [-0.2, 0) is 14.8 Å². The predicted octanol–water partition coefficient (Wildman–Crippen LogP) is 2.60. The minimum Gasteiger partial charge on any atom is -0.355 e. The van der Waals surface area contributed by atoms with E-state index in [1.807, 2.05) is 18.2 Å². The maximum absolute atomic E-state index is 13.4. The number of hydrogen-bond donors (Lipinski definition) is 0. The van der Waals surface area contributed by atoms with Crippen LogP contribution in [0.4, 0.5) is 5.82 Å². The van der Waals surface area contributed by atoms with E-state index in [4.69, 9.17) is 4.99 Å². The Labute approximate surface area is 183 Å². The lowest BCUT2D eigenvalue weighted by Gasteiger charge is -2.31. The molecule has 0 spiro atoms. The van der Waals surface area contributed by atoms with Gasteiger partial charge in [-0.1, -0.05) is 30.3 Å². The Morgan fingerprint density at radius 1 is 1.03 bits per heavy atom. The second-order valence-corrected chi connectivity index (χ2v) is 10.8.